The molecule has 1 aliphatic carbocycles. The Morgan fingerprint density at radius 1 is 1.05 bits per heavy atom. The molecule has 2 aromatic rings. The highest BCUT2D eigenvalue weighted by molar-refractivity contribution is 5.91. The summed E-state index contributed by atoms with van der Waals surface area (Å²) in [5.41, 5.74) is 2.31. The average molecular weight is 571 g/mol. The molecule has 0 saturated heterocycles. The van der Waals surface area contributed by atoms with Gasteiger partial charge in [-0.2, -0.15) is 0 Å². The Kier molecular flexibility index (Phi) is 10.2. The van der Waals surface area contributed by atoms with Crippen LogP contribution in [0.2, 0.25) is 0 Å². The zero-order valence-electron chi connectivity index (χ0n) is 24.0. The molecule has 2 aromatic carbocycles. The molecular formula is C30H38N2O9. The number of aliphatic hydroxyl groups excluding tert-OH is 3. The van der Waals surface area contributed by atoms with E-state index in [0.29, 0.717) is 46.2 Å². The maximum Gasteiger partial charge on any atom is 0.308 e. The van der Waals surface area contributed by atoms with Crippen LogP contribution in [-0.4, -0.2) is 51.9 Å². The molecule has 1 aliphatic rings. The number of ether oxygens (including phenoxy) is 2. The van der Waals surface area contributed by atoms with Gasteiger partial charge in [0, 0.05) is 6.92 Å². The first kappa shape index (κ1) is 31.7. The molecule has 5 N–H and O–H groups in total. The summed E-state index contributed by atoms with van der Waals surface area (Å²) >= 11 is 0. The summed E-state index contributed by atoms with van der Waals surface area (Å²) in [5, 5.41) is 35.8. The zero-order chi connectivity index (χ0) is 30.5. The van der Waals surface area contributed by atoms with Crippen molar-refractivity contribution in [2.75, 3.05) is 7.11 Å². The van der Waals surface area contributed by atoms with Crippen molar-refractivity contribution >= 4 is 17.8 Å². The summed E-state index contributed by atoms with van der Waals surface area (Å²) in [5.74, 6) is -1.77. The standard InChI is InChI=1S/C30H38N2O9/c1-16(36)31-24(12-27(38)41-30(2,3)4)29(39)32-23-8-6-17-10-18(13-33)21(14-34)22(15-35)28(17)19-7-9-26(40-5)25(37)11-20(19)23/h7,9-11,23-24,33-35H,6,8,12-15H2,1-5H3,(H,31,36)(H,32,39)/t23-,24-/m0/s1. The Labute approximate surface area is 238 Å². The smallest absolute Gasteiger partial charge is 0.308 e. The number of benzene rings is 1. The summed E-state index contributed by atoms with van der Waals surface area (Å²) in [7, 11) is 1.36. The number of amides is 2. The van der Waals surface area contributed by atoms with Crippen LogP contribution in [0.3, 0.4) is 0 Å². The SMILES string of the molecule is COc1ccc2c(cc1=O)[C@@H](NC(=O)[C@H](CC(=O)OC(C)(C)C)NC(C)=O)CCc1cc(CO)c(CO)c(CO)c1-2. The first-order valence-electron chi connectivity index (χ1n) is 13.3. The van der Waals surface area contributed by atoms with Crippen LogP contribution in [0.1, 0.15) is 74.4 Å². The van der Waals surface area contributed by atoms with Crippen LogP contribution >= 0.6 is 0 Å². The highest BCUT2D eigenvalue weighted by atomic mass is 16.6. The molecule has 0 bridgehead atoms. The molecular weight excluding hydrogens is 532 g/mol. The van der Waals surface area contributed by atoms with Crippen LogP contribution in [0.25, 0.3) is 11.1 Å². The van der Waals surface area contributed by atoms with E-state index in [1.165, 1.54) is 26.2 Å². The molecule has 0 radical (unpaired) electrons. The Hall–Kier alpha value is -3.80. The van der Waals surface area contributed by atoms with Gasteiger partial charge in [-0.25, -0.2) is 0 Å². The lowest BCUT2D eigenvalue weighted by molar-refractivity contribution is -0.156. The van der Waals surface area contributed by atoms with E-state index in [1.807, 2.05) is 0 Å². The summed E-state index contributed by atoms with van der Waals surface area (Å²) in [4.78, 5) is 51.0. The molecule has 0 saturated carbocycles. The number of hydrogen-bond acceptors (Lipinski definition) is 9. The number of methoxy groups -OCH3 is 1. The van der Waals surface area contributed by atoms with Crippen molar-refractivity contribution < 1.29 is 39.2 Å². The van der Waals surface area contributed by atoms with E-state index in [-0.39, 0.29) is 12.4 Å². The van der Waals surface area contributed by atoms with Gasteiger partial charge in [0.1, 0.15) is 11.6 Å². The number of rotatable bonds is 9. The molecule has 41 heavy (non-hydrogen) atoms. The van der Waals surface area contributed by atoms with Crippen LogP contribution in [-0.2, 0) is 45.4 Å². The summed E-state index contributed by atoms with van der Waals surface area (Å²) < 4.78 is 10.6. The number of hydrogen-bond donors (Lipinski definition) is 5. The molecule has 0 aromatic heterocycles. The first-order chi connectivity index (χ1) is 19.3. The molecule has 0 unspecified atom stereocenters. The zero-order valence-corrected chi connectivity index (χ0v) is 24.0. The average Bonchev–Trinajstić information content (AvgIpc) is 3.14. The predicted octanol–water partition coefficient (Wildman–Crippen LogP) is 1.54. The lowest BCUT2D eigenvalue weighted by atomic mass is 9.87. The van der Waals surface area contributed by atoms with Crippen molar-refractivity contribution in [3.63, 3.8) is 0 Å². The molecule has 222 valence electrons. The van der Waals surface area contributed by atoms with Crippen molar-refractivity contribution in [1.82, 2.24) is 10.6 Å². The third-order valence-corrected chi connectivity index (χ3v) is 6.82. The third kappa shape index (κ3) is 7.49. The van der Waals surface area contributed by atoms with Crippen molar-refractivity contribution in [3.8, 4) is 16.9 Å². The van der Waals surface area contributed by atoms with Gasteiger partial charge < -0.3 is 35.4 Å². The molecule has 0 heterocycles. The van der Waals surface area contributed by atoms with Gasteiger partial charge in [0.15, 0.2) is 5.75 Å². The number of fused-ring (bicyclic) bond motifs is 3. The van der Waals surface area contributed by atoms with Gasteiger partial charge in [0.2, 0.25) is 17.2 Å². The van der Waals surface area contributed by atoms with Crippen LogP contribution < -0.4 is 20.8 Å². The number of carbonyl (C=O) groups is 3. The quantitative estimate of drug-likeness (QED) is 0.281. The summed E-state index contributed by atoms with van der Waals surface area (Å²) in [6.45, 7) is 5.09. The molecule has 11 nitrogen and oxygen atoms in total. The topological polar surface area (TPSA) is 171 Å². The first-order valence-corrected chi connectivity index (χ1v) is 13.3. The second-order valence-corrected chi connectivity index (χ2v) is 10.9. The lowest BCUT2D eigenvalue weighted by Gasteiger charge is -2.25. The fourth-order valence-electron chi connectivity index (χ4n) is 5.15. The molecule has 3 rings (SSSR count). The van der Waals surface area contributed by atoms with E-state index >= 15 is 0 Å². The van der Waals surface area contributed by atoms with Gasteiger partial charge in [0.05, 0.1) is 39.4 Å². The van der Waals surface area contributed by atoms with Crippen LogP contribution in [0.5, 0.6) is 5.75 Å². The molecule has 0 aliphatic heterocycles. The van der Waals surface area contributed by atoms with Gasteiger partial charge in [-0.1, -0.05) is 12.1 Å². The Balaban J connectivity index is 2.14. The minimum atomic E-state index is -1.23. The van der Waals surface area contributed by atoms with Crippen molar-refractivity contribution in [2.24, 2.45) is 0 Å². The van der Waals surface area contributed by atoms with E-state index in [4.69, 9.17) is 9.47 Å². The third-order valence-electron chi connectivity index (χ3n) is 6.82. The number of aryl methyl sites for hydroxylation is 1. The van der Waals surface area contributed by atoms with Crippen molar-refractivity contribution in [3.05, 3.63) is 62.3 Å². The maximum absolute atomic E-state index is 13.5. The van der Waals surface area contributed by atoms with Crippen molar-refractivity contribution in [2.45, 2.75) is 84.5 Å². The normalized spacial score (nSPS) is 15.1. The second kappa shape index (κ2) is 13.2. The fraction of sp³-hybridized carbons (Fsp3) is 0.467. The minimum absolute atomic E-state index is 0.0608. The minimum Gasteiger partial charge on any atom is -0.493 e. The van der Waals surface area contributed by atoms with Crippen molar-refractivity contribution in [1.29, 1.82) is 0 Å². The van der Waals surface area contributed by atoms with Gasteiger partial charge in [-0.15, -0.1) is 0 Å². The van der Waals surface area contributed by atoms with Gasteiger partial charge in [0.25, 0.3) is 0 Å². The number of carbonyl (C=O) groups excluding carboxylic acids is 3. The Morgan fingerprint density at radius 3 is 2.29 bits per heavy atom. The summed E-state index contributed by atoms with van der Waals surface area (Å²) in [6, 6.07) is 4.28. The predicted molar refractivity (Wildman–Crippen MR) is 150 cm³/mol. The highest BCUT2D eigenvalue weighted by Crippen LogP contribution is 2.41. The lowest BCUT2D eigenvalue weighted by Crippen LogP contribution is -2.48. The van der Waals surface area contributed by atoms with E-state index in [2.05, 4.69) is 10.6 Å². The fourth-order valence-corrected chi connectivity index (χ4v) is 5.15. The van der Waals surface area contributed by atoms with E-state index in [0.717, 1.165) is 5.56 Å². The van der Waals surface area contributed by atoms with Gasteiger partial charge in [-0.05, 0) is 84.7 Å². The van der Waals surface area contributed by atoms with E-state index in [9.17, 15) is 34.5 Å². The van der Waals surface area contributed by atoms with Crippen LogP contribution in [0.15, 0.2) is 29.1 Å². The number of nitrogens with one attached hydrogen (secondary N) is 2. The monoisotopic (exact) mass is 570 g/mol. The molecule has 0 fully saturated rings. The van der Waals surface area contributed by atoms with E-state index in [1.54, 1.807) is 32.9 Å². The molecule has 2 atom stereocenters. The van der Waals surface area contributed by atoms with Crippen LogP contribution in [0, 0.1) is 0 Å². The second-order valence-electron chi connectivity index (χ2n) is 10.9. The van der Waals surface area contributed by atoms with E-state index < -0.39 is 60.5 Å². The van der Waals surface area contributed by atoms with Gasteiger partial charge >= 0.3 is 5.97 Å². The number of aliphatic hydroxyl groups is 3. The molecule has 0 spiro atoms. The largest absolute Gasteiger partial charge is 0.493 e. The number of esters is 1. The Morgan fingerprint density at radius 2 is 1.73 bits per heavy atom. The van der Waals surface area contributed by atoms with Gasteiger partial charge in [-0.3, -0.25) is 19.2 Å². The highest BCUT2D eigenvalue weighted by Gasteiger charge is 2.31. The Bertz CT molecular complexity index is 1380. The van der Waals surface area contributed by atoms with Crippen LogP contribution in [0.4, 0.5) is 0 Å². The maximum atomic E-state index is 13.5. The molecule has 11 heteroatoms. The molecule has 2 amide bonds. The summed E-state index contributed by atoms with van der Waals surface area (Å²) in [6.07, 6.45) is 0.289.